The third-order valence-corrected chi connectivity index (χ3v) is 6.09. The number of methoxy groups -OCH3 is 1. The van der Waals surface area contributed by atoms with Gasteiger partial charge < -0.3 is 20.3 Å². The van der Waals surface area contributed by atoms with Crippen LogP contribution in [0.1, 0.15) is 53.9 Å². The minimum Gasteiger partial charge on any atom is -0.378 e. The minimum atomic E-state index is -0.0975. The lowest BCUT2D eigenvalue weighted by Gasteiger charge is -2.59. The number of rotatable bonds is 5. The monoisotopic (exact) mass is 466 g/mol. The molecule has 2 aliphatic rings. The zero-order valence-electron chi connectivity index (χ0n) is 16.5. The van der Waals surface area contributed by atoms with E-state index in [9.17, 15) is 4.79 Å². The molecule has 0 aromatic rings. The Morgan fingerprint density at radius 1 is 1.28 bits per heavy atom. The third kappa shape index (κ3) is 4.59. The number of amides is 1. The molecule has 1 aliphatic heterocycles. The largest absolute Gasteiger partial charge is 0.378 e. The van der Waals surface area contributed by atoms with Crippen LogP contribution in [0.3, 0.4) is 0 Å². The quantitative estimate of drug-likeness (QED) is 0.371. The Morgan fingerprint density at radius 3 is 2.48 bits per heavy atom. The van der Waals surface area contributed by atoms with Gasteiger partial charge in [-0.3, -0.25) is 9.79 Å². The second-order valence-electron chi connectivity index (χ2n) is 7.70. The Labute approximate surface area is 169 Å². The average molecular weight is 466 g/mol. The normalized spacial score (nSPS) is 31.1. The Balaban J connectivity index is 0.00000312. The molecule has 2 rings (SSSR count). The fourth-order valence-corrected chi connectivity index (χ4v) is 3.70. The second kappa shape index (κ2) is 8.88. The number of guanidine groups is 1. The van der Waals surface area contributed by atoms with Gasteiger partial charge >= 0.3 is 0 Å². The van der Waals surface area contributed by atoms with Crippen molar-refractivity contribution in [3.8, 4) is 0 Å². The number of hydrogen-bond acceptors (Lipinski definition) is 3. The zero-order valence-corrected chi connectivity index (χ0v) is 18.8. The Hall–Kier alpha value is -0.570. The zero-order chi connectivity index (χ0) is 18.0. The molecule has 1 amide bonds. The van der Waals surface area contributed by atoms with Gasteiger partial charge in [-0.1, -0.05) is 20.8 Å². The van der Waals surface area contributed by atoms with E-state index >= 15 is 0 Å². The molecule has 3 atom stereocenters. The van der Waals surface area contributed by atoms with Crippen LogP contribution in [0.25, 0.3) is 0 Å². The number of halogens is 1. The second-order valence-corrected chi connectivity index (χ2v) is 7.70. The maximum atomic E-state index is 11.8. The van der Waals surface area contributed by atoms with Gasteiger partial charge in [0.2, 0.25) is 5.91 Å². The maximum absolute atomic E-state index is 11.8. The average Bonchev–Trinajstić information content (AvgIpc) is 3.02. The van der Waals surface area contributed by atoms with Crippen LogP contribution in [0, 0.1) is 5.41 Å². The van der Waals surface area contributed by atoms with Gasteiger partial charge in [-0.05, 0) is 26.7 Å². The third-order valence-electron chi connectivity index (χ3n) is 6.09. The first-order chi connectivity index (χ1) is 11.3. The van der Waals surface area contributed by atoms with Crippen LogP contribution in [-0.4, -0.2) is 61.2 Å². The number of aliphatic imine (C=N–C) groups is 1. The maximum Gasteiger partial charge on any atom is 0.222 e. The summed E-state index contributed by atoms with van der Waals surface area (Å²) >= 11 is 0. The van der Waals surface area contributed by atoms with Crippen molar-refractivity contribution in [1.82, 2.24) is 15.5 Å². The van der Waals surface area contributed by atoms with E-state index in [1.807, 2.05) is 18.7 Å². The highest BCUT2D eigenvalue weighted by molar-refractivity contribution is 14.0. The minimum absolute atomic E-state index is 0. The van der Waals surface area contributed by atoms with E-state index in [2.05, 4.69) is 36.4 Å². The molecule has 25 heavy (non-hydrogen) atoms. The number of nitrogens with one attached hydrogen (secondary N) is 2. The van der Waals surface area contributed by atoms with E-state index in [0.717, 1.165) is 38.4 Å². The highest BCUT2D eigenvalue weighted by Gasteiger charge is 2.58. The summed E-state index contributed by atoms with van der Waals surface area (Å²) in [7, 11) is 1.79. The molecule has 0 aromatic carbocycles. The van der Waals surface area contributed by atoms with Crippen LogP contribution in [0.2, 0.25) is 0 Å². The molecule has 0 spiro atoms. The lowest BCUT2D eigenvalue weighted by atomic mass is 9.56. The Bertz CT molecular complexity index is 497. The van der Waals surface area contributed by atoms with Crippen molar-refractivity contribution < 1.29 is 9.53 Å². The summed E-state index contributed by atoms with van der Waals surface area (Å²) in [6, 6.07) is 0.602. The Morgan fingerprint density at radius 2 is 1.96 bits per heavy atom. The van der Waals surface area contributed by atoms with Crippen molar-refractivity contribution in [1.29, 1.82) is 0 Å². The van der Waals surface area contributed by atoms with E-state index in [1.165, 1.54) is 0 Å². The smallest absolute Gasteiger partial charge is 0.222 e. The van der Waals surface area contributed by atoms with Crippen molar-refractivity contribution >= 4 is 35.8 Å². The van der Waals surface area contributed by atoms with Gasteiger partial charge in [-0.2, -0.15) is 0 Å². The van der Waals surface area contributed by atoms with Crippen LogP contribution >= 0.6 is 24.0 Å². The van der Waals surface area contributed by atoms with Crippen molar-refractivity contribution in [3.63, 3.8) is 0 Å². The number of carbonyl (C=O) groups excluding carboxylic acids is 1. The van der Waals surface area contributed by atoms with Gasteiger partial charge in [0, 0.05) is 50.7 Å². The molecule has 3 unspecified atom stereocenters. The van der Waals surface area contributed by atoms with E-state index in [1.54, 1.807) is 7.11 Å². The summed E-state index contributed by atoms with van der Waals surface area (Å²) in [6.07, 6.45) is 2.51. The highest BCUT2D eigenvalue weighted by Crippen LogP contribution is 2.51. The topological polar surface area (TPSA) is 66.0 Å². The van der Waals surface area contributed by atoms with Gasteiger partial charge in [0.05, 0.1) is 5.60 Å². The lowest BCUT2D eigenvalue weighted by Crippen LogP contribution is -2.69. The van der Waals surface area contributed by atoms with Gasteiger partial charge in [0.25, 0.3) is 0 Å². The van der Waals surface area contributed by atoms with Crippen molar-refractivity contribution in [2.75, 3.05) is 26.7 Å². The van der Waals surface area contributed by atoms with Gasteiger partial charge in [0.15, 0.2) is 5.96 Å². The Kier molecular flexibility index (Phi) is 7.98. The van der Waals surface area contributed by atoms with Crippen LogP contribution in [0.5, 0.6) is 0 Å². The fourth-order valence-electron chi connectivity index (χ4n) is 3.70. The van der Waals surface area contributed by atoms with E-state index in [4.69, 9.17) is 4.74 Å². The number of ether oxygens (including phenoxy) is 1. The molecule has 2 N–H and O–H groups in total. The fraction of sp³-hybridized carbons (Fsp3) is 0.889. The predicted octanol–water partition coefficient (Wildman–Crippen LogP) is 2.37. The van der Waals surface area contributed by atoms with Crippen LogP contribution in [-0.2, 0) is 9.53 Å². The first kappa shape index (κ1) is 22.5. The van der Waals surface area contributed by atoms with Gasteiger partial charge in [0.1, 0.15) is 0 Å². The summed E-state index contributed by atoms with van der Waals surface area (Å²) in [4.78, 5) is 18.4. The SMILES string of the molecule is CCN=C(NC1CCN(C(=O)CC)C1)NC1CC(C)(OC)C1(C)C.I. The summed E-state index contributed by atoms with van der Waals surface area (Å²) in [5.41, 5.74) is -0.0580. The molecule has 1 aliphatic carbocycles. The molecule has 1 saturated carbocycles. The summed E-state index contributed by atoms with van der Waals surface area (Å²) in [5, 5.41) is 7.09. The van der Waals surface area contributed by atoms with E-state index in [0.29, 0.717) is 12.5 Å². The lowest BCUT2D eigenvalue weighted by molar-refractivity contribution is -0.176. The summed E-state index contributed by atoms with van der Waals surface area (Å²) in [5.74, 6) is 1.08. The number of hydrogen-bond donors (Lipinski definition) is 2. The molecule has 1 saturated heterocycles. The van der Waals surface area contributed by atoms with Crippen LogP contribution in [0.15, 0.2) is 4.99 Å². The van der Waals surface area contributed by atoms with E-state index < -0.39 is 0 Å². The standard InChI is InChI=1S/C18H34N4O2.HI/c1-7-15(23)22-10-9-13(12-22)20-16(19-8-2)21-14-11-18(5,24-6)17(14,3)4;/h13-14H,7-12H2,1-6H3,(H2,19,20,21);1H. The molecule has 1 heterocycles. The molecular formula is C18H35IN4O2. The predicted molar refractivity (Wildman–Crippen MR) is 113 cm³/mol. The van der Waals surface area contributed by atoms with E-state index in [-0.39, 0.29) is 46.9 Å². The molecule has 6 nitrogen and oxygen atoms in total. The van der Waals surface area contributed by atoms with Crippen LogP contribution in [0.4, 0.5) is 0 Å². The number of nitrogens with zero attached hydrogens (tertiary/aromatic N) is 2. The van der Waals surface area contributed by atoms with Gasteiger partial charge in [-0.15, -0.1) is 24.0 Å². The van der Waals surface area contributed by atoms with Crippen molar-refractivity contribution in [2.24, 2.45) is 10.4 Å². The molecule has 0 aromatic heterocycles. The first-order valence-electron chi connectivity index (χ1n) is 9.17. The number of carbonyl (C=O) groups is 1. The van der Waals surface area contributed by atoms with Crippen LogP contribution < -0.4 is 10.6 Å². The summed E-state index contributed by atoms with van der Waals surface area (Å²) < 4.78 is 5.70. The molecular weight excluding hydrogens is 431 g/mol. The molecule has 0 bridgehead atoms. The molecule has 7 heteroatoms. The summed E-state index contributed by atoms with van der Waals surface area (Å²) in [6.45, 7) is 12.9. The molecule has 2 fully saturated rings. The first-order valence-corrected chi connectivity index (χ1v) is 9.17. The number of likely N-dealkylation sites (tertiary alicyclic amines) is 1. The van der Waals surface area contributed by atoms with Crippen molar-refractivity contribution in [2.45, 2.75) is 71.6 Å². The molecule has 146 valence electrons. The van der Waals surface area contributed by atoms with Crippen molar-refractivity contribution in [3.05, 3.63) is 0 Å². The molecule has 0 radical (unpaired) electrons. The van der Waals surface area contributed by atoms with Gasteiger partial charge in [-0.25, -0.2) is 0 Å². The highest BCUT2D eigenvalue weighted by atomic mass is 127.